The lowest BCUT2D eigenvalue weighted by Gasteiger charge is -2.07. The second-order valence-electron chi connectivity index (χ2n) is 4.11. The van der Waals surface area contributed by atoms with Crippen molar-refractivity contribution < 1.29 is 13.5 Å². The smallest absolute Gasteiger partial charge is 0.260 e. The van der Waals surface area contributed by atoms with Crippen molar-refractivity contribution in [1.82, 2.24) is 19.7 Å². The maximum Gasteiger partial charge on any atom is 0.260 e. The maximum atomic E-state index is 12.2. The zero-order valence-electron chi connectivity index (χ0n) is 10.6. The first kappa shape index (κ1) is 15.1. The van der Waals surface area contributed by atoms with Crippen LogP contribution in [0.3, 0.4) is 0 Å². The highest BCUT2D eigenvalue weighted by Crippen LogP contribution is 2.18. The third-order valence-corrected chi connectivity index (χ3v) is 4.92. The number of aryl methyl sites for hydroxylation is 1. The first-order valence-electron chi connectivity index (χ1n) is 5.67. The van der Waals surface area contributed by atoms with Gasteiger partial charge in [-0.2, -0.15) is 0 Å². The Morgan fingerprint density at radius 2 is 2.10 bits per heavy atom. The van der Waals surface area contributed by atoms with Gasteiger partial charge in [0.05, 0.1) is 6.61 Å². The summed E-state index contributed by atoms with van der Waals surface area (Å²) < 4.78 is 28.2. The summed E-state index contributed by atoms with van der Waals surface area (Å²) in [6, 6.07) is 7.04. The number of hydrogen-bond acceptors (Lipinski definition) is 5. The standard InChI is InChI=1S/C11H13BrN4O3S/c1-16-11(10(12)14-15-16)20(18,19)13-6-8-3-2-4-9(5-8)7-17/h2-5,13,17H,6-7H2,1H3. The van der Waals surface area contributed by atoms with Gasteiger partial charge in [0.25, 0.3) is 10.0 Å². The molecule has 0 bridgehead atoms. The van der Waals surface area contributed by atoms with Gasteiger partial charge in [0.15, 0.2) is 4.60 Å². The molecule has 7 nitrogen and oxygen atoms in total. The van der Waals surface area contributed by atoms with Crippen molar-refractivity contribution in [2.24, 2.45) is 7.05 Å². The van der Waals surface area contributed by atoms with Gasteiger partial charge in [-0.3, -0.25) is 0 Å². The normalized spacial score (nSPS) is 11.8. The molecule has 2 N–H and O–H groups in total. The number of aliphatic hydroxyl groups excluding tert-OH is 1. The van der Waals surface area contributed by atoms with Crippen LogP contribution in [0.1, 0.15) is 11.1 Å². The van der Waals surface area contributed by atoms with Crippen LogP contribution in [-0.2, 0) is 30.2 Å². The van der Waals surface area contributed by atoms with Gasteiger partial charge in [-0.15, -0.1) is 5.10 Å². The highest BCUT2D eigenvalue weighted by Gasteiger charge is 2.23. The van der Waals surface area contributed by atoms with E-state index in [1.807, 2.05) is 0 Å². The monoisotopic (exact) mass is 360 g/mol. The topological polar surface area (TPSA) is 97.1 Å². The Morgan fingerprint density at radius 1 is 1.40 bits per heavy atom. The van der Waals surface area contributed by atoms with E-state index >= 15 is 0 Å². The van der Waals surface area contributed by atoms with Crippen LogP contribution in [0.15, 0.2) is 33.9 Å². The lowest BCUT2D eigenvalue weighted by Crippen LogP contribution is -2.25. The zero-order valence-corrected chi connectivity index (χ0v) is 13.0. The second-order valence-corrected chi connectivity index (χ2v) is 6.55. The van der Waals surface area contributed by atoms with Crippen LogP contribution in [0, 0.1) is 0 Å². The molecular formula is C11H13BrN4O3S. The molecule has 0 spiro atoms. The summed E-state index contributed by atoms with van der Waals surface area (Å²) in [4.78, 5) is 0. The summed E-state index contributed by atoms with van der Waals surface area (Å²) in [5, 5.41) is 16.3. The zero-order chi connectivity index (χ0) is 14.8. The predicted molar refractivity (Wildman–Crippen MR) is 75.1 cm³/mol. The molecule has 20 heavy (non-hydrogen) atoms. The highest BCUT2D eigenvalue weighted by atomic mass is 79.9. The van der Waals surface area contributed by atoms with Crippen molar-refractivity contribution in [2.45, 2.75) is 18.2 Å². The SMILES string of the molecule is Cn1nnc(Br)c1S(=O)(=O)NCc1cccc(CO)c1. The first-order chi connectivity index (χ1) is 9.44. The van der Waals surface area contributed by atoms with Crippen LogP contribution in [0.2, 0.25) is 0 Å². The molecule has 0 amide bonds. The summed E-state index contributed by atoms with van der Waals surface area (Å²) in [7, 11) is -2.22. The molecule has 1 aromatic heterocycles. The van der Waals surface area contributed by atoms with E-state index in [1.54, 1.807) is 24.3 Å². The number of halogens is 1. The second kappa shape index (κ2) is 6.00. The van der Waals surface area contributed by atoms with Gasteiger partial charge in [-0.05, 0) is 27.1 Å². The van der Waals surface area contributed by atoms with E-state index in [1.165, 1.54) is 11.7 Å². The van der Waals surface area contributed by atoms with Gasteiger partial charge in [0.1, 0.15) is 0 Å². The third-order valence-electron chi connectivity index (χ3n) is 2.63. The van der Waals surface area contributed by atoms with E-state index < -0.39 is 10.0 Å². The molecule has 0 aliphatic rings. The fourth-order valence-corrected chi connectivity index (χ4v) is 3.80. The van der Waals surface area contributed by atoms with Crippen molar-refractivity contribution in [2.75, 3.05) is 0 Å². The fourth-order valence-electron chi connectivity index (χ4n) is 1.69. The lowest BCUT2D eigenvalue weighted by atomic mass is 10.1. The summed E-state index contributed by atoms with van der Waals surface area (Å²) in [5.41, 5.74) is 1.48. The summed E-state index contributed by atoms with van der Waals surface area (Å²) in [6.07, 6.45) is 0. The van der Waals surface area contributed by atoms with Gasteiger partial charge in [-0.1, -0.05) is 29.5 Å². The molecule has 108 valence electrons. The number of aliphatic hydroxyl groups is 1. The van der Waals surface area contributed by atoms with Crippen LogP contribution in [0.4, 0.5) is 0 Å². The Bertz CT molecular complexity index is 695. The minimum atomic E-state index is -3.72. The number of rotatable bonds is 5. The Labute approximate surface area is 124 Å². The minimum Gasteiger partial charge on any atom is -0.392 e. The summed E-state index contributed by atoms with van der Waals surface area (Å²) in [6.45, 7) is 0.0333. The van der Waals surface area contributed by atoms with E-state index in [-0.39, 0.29) is 22.8 Å². The summed E-state index contributed by atoms with van der Waals surface area (Å²) >= 11 is 3.06. The molecule has 0 aliphatic carbocycles. The lowest BCUT2D eigenvalue weighted by molar-refractivity contribution is 0.281. The molecule has 0 fully saturated rings. The van der Waals surface area contributed by atoms with Crippen molar-refractivity contribution in [1.29, 1.82) is 0 Å². The molecule has 0 saturated carbocycles. The molecular weight excluding hydrogens is 348 g/mol. The Morgan fingerprint density at radius 3 is 2.70 bits per heavy atom. The van der Waals surface area contributed by atoms with Crippen LogP contribution >= 0.6 is 15.9 Å². The molecule has 0 saturated heterocycles. The number of nitrogens with zero attached hydrogens (tertiary/aromatic N) is 3. The average Bonchev–Trinajstić information content (AvgIpc) is 2.77. The molecule has 0 atom stereocenters. The molecule has 1 aromatic carbocycles. The number of nitrogens with one attached hydrogen (secondary N) is 1. The van der Waals surface area contributed by atoms with Gasteiger partial charge in [0, 0.05) is 13.6 Å². The van der Waals surface area contributed by atoms with Crippen LogP contribution in [0.5, 0.6) is 0 Å². The van der Waals surface area contributed by atoms with Crippen LogP contribution < -0.4 is 4.72 Å². The van der Waals surface area contributed by atoms with E-state index in [0.717, 1.165) is 11.1 Å². The van der Waals surface area contributed by atoms with Crippen LogP contribution in [-0.4, -0.2) is 28.5 Å². The highest BCUT2D eigenvalue weighted by molar-refractivity contribution is 9.10. The van der Waals surface area contributed by atoms with E-state index in [0.29, 0.717) is 0 Å². The first-order valence-corrected chi connectivity index (χ1v) is 7.95. The molecule has 2 rings (SSSR count). The van der Waals surface area contributed by atoms with E-state index in [4.69, 9.17) is 5.11 Å². The van der Waals surface area contributed by atoms with Gasteiger partial charge < -0.3 is 5.11 Å². The Kier molecular flexibility index (Phi) is 4.53. The molecule has 2 aromatic rings. The average molecular weight is 361 g/mol. The summed E-state index contributed by atoms with van der Waals surface area (Å²) in [5.74, 6) is 0. The fraction of sp³-hybridized carbons (Fsp3) is 0.273. The predicted octanol–water partition coefficient (Wildman–Crippen LogP) is 0.548. The number of hydrogen-bond donors (Lipinski definition) is 2. The Hall–Kier alpha value is -1.29. The maximum absolute atomic E-state index is 12.2. The van der Waals surface area contributed by atoms with Gasteiger partial charge in [-0.25, -0.2) is 17.8 Å². The molecule has 1 heterocycles. The largest absolute Gasteiger partial charge is 0.392 e. The van der Waals surface area contributed by atoms with Crippen LogP contribution in [0.25, 0.3) is 0 Å². The number of sulfonamides is 1. The van der Waals surface area contributed by atoms with Gasteiger partial charge in [0.2, 0.25) is 5.03 Å². The third kappa shape index (κ3) is 3.23. The van der Waals surface area contributed by atoms with Crippen molar-refractivity contribution in [3.05, 3.63) is 40.0 Å². The molecule has 0 aliphatic heterocycles. The van der Waals surface area contributed by atoms with Gasteiger partial charge >= 0.3 is 0 Å². The molecule has 0 radical (unpaired) electrons. The quantitative estimate of drug-likeness (QED) is 0.811. The molecule has 0 unspecified atom stereocenters. The minimum absolute atomic E-state index is 0.0317. The van der Waals surface area contributed by atoms with Crippen molar-refractivity contribution >= 4 is 26.0 Å². The van der Waals surface area contributed by atoms with E-state index in [9.17, 15) is 8.42 Å². The number of aromatic nitrogens is 3. The Balaban J connectivity index is 2.17. The molecule has 9 heteroatoms. The number of benzene rings is 1. The van der Waals surface area contributed by atoms with Crippen molar-refractivity contribution in [3.8, 4) is 0 Å². The van der Waals surface area contributed by atoms with E-state index in [2.05, 4.69) is 31.0 Å². The van der Waals surface area contributed by atoms with Crippen molar-refractivity contribution in [3.63, 3.8) is 0 Å².